The van der Waals surface area contributed by atoms with Crippen molar-refractivity contribution < 1.29 is 9.90 Å². The molecule has 0 spiro atoms. The molecular weight excluding hydrogens is 312 g/mol. The van der Waals surface area contributed by atoms with Gasteiger partial charge in [0.25, 0.3) is 5.91 Å². The maximum atomic E-state index is 12.6. The van der Waals surface area contributed by atoms with Crippen LogP contribution in [0.5, 0.6) is 0 Å². The van der Waals surface area contributed by atoms with Crippen LogP contribution in [0.4, 0.5) is 0 Å². The number of hydrogen-bond donors (Lipinski definition) is 1. The molecule has 0 radical (unpaired) electrons. The zero-order chi connectivity index (χ0) is 16.3. The molecule has 2 fully saturated rings. The maximum Gasteiger partial charge on any atom is 0.254 e. The average Bonchev–Trinajstić information content (AvgIpc) is 2.87. The Morgan fingerprint density at radius 3 is 2.43 bits per heavy atom. The third-order valence-corrected chi connectivity index (χ3v) is 5.28. The third-order valence-electron chi connectivity index (χ3n) is 5.02. The molecule has 2 aliphatic rings. The lowest BCUT2D eigenvalue weighted by molar-refractivity contribution is -0.150. The molecule has 126 valence electrons. The van der Waals surface area contributed by atoms with Crippen LogP contribution in [0.15, 0.2) is 24.3 Å². The fraction of sp³-hybridized carbons (Fsp3) is 0.611. The smallest absolute Gasteiger partial charge is 0.254 e. The van der Waals surface area contributed by atoms with Crippen LogP contribution in [0, 0.1) is 0 Å². The van der Waals surface area contributed by atoms with E-state index in [0.29, 0.717) is 19.4 Å². The van der Waals surface area contributed by atoms with E-state index in [4.69, 9.17) is 11.6 Å². The fourth-order valence-electron chi connectivity index (χ4n) is 3.65. The number of carbonyl (C=O) groups is 1. The van der Waals surface area contributed by atoms with Crippen molar-refractivity contribution in [2.75, 3.05) is 26.2 Å². The van der Waals surface area contributed by atoms with Crippen LogP contribution < -0.4 is 0 Å². The summed E-state index contributed by atoms with van der Waals surface area (Å²) in [5.74, 6) is -0.0525. The number of hydrogen-bond acceptors (Lipinski definition) is 3. The minimum absolute atomic E-state index is 0.0525. The first-order chi connectivity index (χ1) is 11.1. The molecule has 4 nitrogen and oxygen atoms in total. The van der Waals surface area contributed by atoms with E-state index in [2.05, 4.69) is 17.0 Å². The van der Waals surface area contributed by atoms with Gasteiger partial charge in [-0.1, -0.05) is 23.7 Å². The molecule has 0 atom stereocenters. The number of rotatable bonds is 3. The molecule has 1 aliphatic carbocycles. The van der Waals surface area contributed by atoms with E-state index in [1.54, 1.807) is 0 Å². The van der Waals surface area contributed by atoms with Crippen molar-refractivity contribution in [2.24, 2.45) is 0 Å². The van der Waals surface area contributed by atoms with Gasteiger partial charge in [-0.05, 0) is 49.8 Å². The van der Waals surface area contributed by atoms with Crippen LogP contribution in [0.3, 0.4) is 0 Å². The predicted octanol–water partition coefficient (Wildman–Crippen LogP) is 2.68. The standard InChI is InChI=1S/C18H25ClN2O2/c19-16-6-4-15(5-7-16)14-20-10-3-11-21(13-12-20)17(22)18(23)8-1-2-9-18/h4-7,23H,1-3,8-14H2. The van der Waals surface area contributed by atoms with Crippen LogP contribution in [-0.2, 0) is 11.3 Å². The lowest BCUT2D eigenvalue weighted by atomic mass is 10.0. The van der Waals surface area contributed by atoms with Gasteiger partial charge in [-0.3, -0.25) is 9.69 Å². The second-order valence-electron chi connectivity index (χ2n) is 6.79. The molecule has 1 saturated heterocycles. The quantitative estimate of drug-likeness (QED) is 0.923. The number of benzene rings is 1. The van der Waals surface area contributed by atoms with Crippen LogP contribution in [0.1, 0.15) is 37.7 Å². The normalized spacial score (nSPS) is 22.1. The first-order valence-electron chi connectivity index (χ1n) is 8.55. The van der Waals surface area contributed by atoms with E-state index in [1.807, 2.05) is 17.0 Å². The van der Waals surface area contributed by atoms with Crippen LogP contribution in [-0.4, -0.2) is 52.6 Å². The Hall–Kier alpha value is -1.10. The highest BCUT2D eigenvalue weighted by molar-refractivity contribution is 6.30. The number of halogens is 1. The van der Waals surface area contributed by atoms with E-state index in [9.17, 15) is 9.90 Å². The highest BCUT2D eigenvalue weighted by Gasteiger charge is 2.41. The molecule has 1 aromatic rings. The number of nitrogens with zero attached hydrogens (tertiary/aromatic N) is 2. The van der Waals surface area contributed by atoms with Crippen LogP contribution in [0.2, 0.25) is 5.02 Å². The number of amides is 1. The highest BCUT2D eigenvalue weighted by atomic mass is 35.5. The van der Waals surface area contributed by atoms with Crippen molar-refractivity contribution in [1.82, 2.24) is 9.80 Å². The molecule has 1 N–H and O–H groups in total. The molecular formula is C18H25ClN2O2. The lowest BCUT2D eigenvalue weighted by Gasteiger charge is -2.29. The summed E-state index contributed by atoms with van der Waals surface area (Å²) in [5.41, 5.74) is 0.148. The topological polar surface area (TPSA) is 43.8 Å². The molecule has 0 unspecified atom stereocenters. The zero-order valence-electron chi connectivity index (χ0n) is 13.5. The van der Waals surface area contributed by atoms with Gasteiger partial charge >= 0.3 is 0 Å². The minimum Gasteiger partial charge on any atom is -0.380 e. The summed E-state index contributed by atoms with van der Waals surface area (Å²) in [5, 5.41) is 11.3. The van der Waals surface area contributed by atoms with Gasteiger partial charge in [0.15, 0.2) is 0 Å². The zero-order valence-corrected chi connectivity index (χ0v) is 14.3. The molecule has 3 rings (SSSR count). The van der Waals surface area contributed by atoms with Gasteiger partial charge in [-0.15, -0.1) is 0 Å². The molecule has 1 amide bonds. The fourth-order valence-corrected chi connectivity index (χ4v) is 3.77. The van der Waals surface area contributed by atoms with Crippen molar-refractivity contribution >= 4 is 17.5 Å². The van der Waals surface area contributed by atoms with Crippen LogP contribution >= 0.6 is 11.6 Å². The summed E-state index contributed by atoms with van der Waals surface area (Å²) in [4.78, 5) is 16.9. The Bertz CT molecular complexity index is 540. The molecule has 23 heavy (non-hydrogen) atoms. The average molecular weight is 337 g/mol. The van der Waals surface area contributed by atoms with E-state index in [1.165, 1.54) is 5.56 Å². The van der Waals surface area contributed by atoms with E-state index < -0.39 is 5.60 Å². The van der Waals surface area contributed by atoms with E-state index >= 15 is 0 Å². The Labute approximate surface area is 143 Å². The number of aliphatic hydroxyl groups is 1. The summed E-state index contributed by atoms with van der Waals surface area (Å²) in [6.45, 7) is 4.16. The predicted molar refractivity (Wildman–Crippen MR) is 91.3 cm³/mol. The SMILES string of the molecule is O=C(N1CCCN(Cc2ccc(Cl)cc2)CC1)C1(O)CCCC1. The van der Waals surface area contributed by atoms with Crippen molar-refractivity contribution in [1.29, 1.82) is 0 Å². The summed E-state index contributed by atoms with van der Waals surface area (Å²) < 4.78 is 0. The first kappa shape index (κ1) is 16.7. The Morgan fingerprint density at radius 1 is 1.04 bits per heavy atom. The lowest BCUT2D eigenvalue weighted by Crippen LogP contribution is -2.48. The Kier molecular flexibility index (Phi) is 5.24. The molecule has 1 saturated carbocycles. The summed E-state index contributed by atoms with van der Waals surface area (Å²) in [6, 6.07) is 7.94. The van der Waals surface area contributed by atoms with Crippen LogP contribution in [0.25, 0.3) is 0 Å². The minimum atomic E-state index is -1.09. The van der Waals surface area contributed by atoms with Gasteiger partial charge in [0, 0.05) is 37.7 Å². The molecule has 1 heterocycles. The van der Waals surface area contributed by atoms with Crippen molar-refractivity contribution in [3.8, 4) is 0 Å². The molecule has 5 heteroatoms. The van der Waals surface area contributed by atoms with Gasteiger partial charge in [-0.2, -0.15) is 0 Å². The molecule has 1 aromatic carbocycles. The van der Waals surface area contributed by atoms with Gasteiger partial charge in [0.1, 0.15) is 5.60 Å². The Balaban J connectivity index is 1.56. The van der Waals surface area contributed by atoms with Crippen molar-refractivity contribution in [2.45, 2.75) is 44.2 Å². The first-order valence-corrected chi connectivity index (χ1v) is 8.93. The van der Waals surface area contributed by atoms with Gasteiger partial charge in [-0.25, -0.2) is 0 Å². The van der Waals surface area contributed by atoms with Crippen molar-refractivity contribution in [3.63, 3.8) is 0 Å². The largest absolute Gasteiger partial charge is 0.380 e. The Morgan fingerprint density at radius 2 is 1.74 bits per heavy atom. The molecule has 1 aliphatic heterocycles. The monoisotopic (exact) mass is 336 g/mol. The maximum absolute atomic E-state index is 12.6. The van der Waals surface area contributed by atoms with E-state index in [0.717, 1.165) is 50.5 Å². The number of carbonyl (C=O) groups excluding carboxylic acids is 1. The van der Waals surface area contributed by atoms with Gasteiger partial charge in [0.05, 0.1) is 0 Å². The molecule has 0 aromatic heterocycles. The summed E-state index contributed by atoms with van der Waals surface area (Å²) >= 11 is 5.93. The summed E-state index contributed by atoms with van der Waals surface area (Å²) in [7, 11) is 0. The summed E-state index contributed by atoms with van der Waals surface area (Å²) in [6.07, 6.45) is 4.11. The molecule has 0 bridgehead atoms. The third kappa shape index (κ3) is 4.06. The van der Waals surface area contributed by atoms with E-state index in [-0.39, 0.29) is 5.91 Å². The van der Waals surface area contributed by atoms with Crippen molar-refractivity contribution in [3.05, 3.63) is 34.9 Å². The van der Waals surface area contributed by atoms with Gasteiger partial charge < -0.3 is 10.0 Å². The second kappa shape index (κ2) is 7.20. The second-order valence-corrected chi connectivity index (χ2v) is 7.22. The highest BCUT2D eigenvalue weighted by Crippen LogP contribution is 2.31. The van der Waals surface area contributed by atoms with Gasteiger partial charge in [0.2, 0.25) is 0 Å².